The van der Waals surface area contributed by atoms with Gasteiger partial charge < -0.3 is 9.47 Å². The summed E-state index contributed by atoms with van der Waals surface area (Å²) in [4.78, 5) is 16.9. The van der Waals surface area contributed by atoms with Gasteiger partial charge in [-0.1, -0.05) is 23.2 Å². The van der Waals surface area contributed by atoms with Crippen molar-refractivity contribution in [2.45, 2.75) is 0 Å². The minimum atomic E-state index is -0.312. The molecule has 1 N–H and O–H groups in total. The van der Waals surface area contributed by atoms with Gasteiger partial charge in [0.05, 0.1) is 24.2 Å². The summed E-state index contributed by atoms with van der Waals surface area (Å²) < 4.78 is 11.5. The van der Waals surface area contributed by atoms with E-state index in [1.54, 1.807) is 24.3 Å². The lowest BCUT2D eigenvalue weighted by Crippen LogP contribution is -2.12. The first-order chi connectivity index (χ1) is 12.0. The first-order valence-corrected chi connectivity index (χ1v) is 9.40. The third-order valence-corrected chi connectivity index (χ3v) is 5.52. The van der Waals surface area contributed by atoms with E-state index in [2.05, 4.69) is 10.3 Å². The fraction of sp³-hybridized carbons (Fsp3) is 0.125. The molecule has 0 atom stereocenters. The van der Waals surface area contributed by atoms with E-state index in [4.69, 9.17) is 32.7 Å². The molecule has 0 aliphatic heterocycles. The summed E-state index contributed by atoms with van der Waals surface area (Å²) in [6.45, 7) is 0. The average Bonchev–Trinajstić information content (AvgIpc) is 3.19. The van der Waals surface area contributed by atoms with Crippen LogP contribution in [0.2, 0.25) is 8.67 Å². The highest BCUT2D eigenvalue weighted by Gasteiger charge is 2.15. The molecule has 3 aromatic rings. The SMILES string of the molecule is COc1cc(OC)cc(C(=O)Nc2nc(-c3cc(Cl)sc3Cl)cs2)c1. The van der Waals surface area contributed by atoms with Crippen LogP contribution in [0.5, 0.6) is 11.5 Å². The molecular weight excluding hydrogens is 403 g/mol. The Morgan fingerprint density at radius 3 is 2.36 bits per heavy atom. The molecule has 0 unspecified atom stereocenters. The summed E-state index contributed by atoms with van der Waals surface area (Å²) in [7, 11) is 3.05. The molecule has 2 heterocycles. The first-order valence-electron chi connectivity index (χ1n) is 6.95. The summed E-state index contributed by atoms with van der Waals surface area (Å²) >= 11 is 14.7. The fourth-order valence-corrected chi connectivity index (χ4v) is 4.26. The number of aromatic nitrogens is 1. The Labute approximate surface area is 162 Å². The van der Waals surface area contributed by atoms with E-state index in [1.807, 2.05) is 5.38 Å². The molecule has 0 saturated heterocycles. The monoisotopic (exact) mass is 414 g/mol. The minimum absolute atomic E-state index is 0.312. The molecule has 25 heavy (non-hydrogen) atoms. The van der Waals surface area contributed by atoms with Crippen molar-refractivity contribution in [3.63, 3.8) is 0 Å². The number of anilines is 1. The van der Waals surface area contributed by atoms with Crippen molar-refractivity contribution in [1.82, 2.24) is 4.98 Å². The van der Waals surface area contributed by atoms with Crippen molar-refractivity contribution in [2.75, 3.05) is 19.5 Å². The molecule has 0 bridgehead atoms. The molecule has 0 radical (unpaired) electrons. The third kappa shape index (κ3) is 4.07. The van der Waals surface area contributed by atoms with Crippen molar-refractivity contribution in [3.05, 3.63) is 43.9 Å². The van der Waals surface area contributed by atoms with Crippen LogP contribution < -0.4 is 14.8 Å². The van der Waals surface area contributed by atoms with Crippen molar-refractivity contribution >= 4 is 56.9 Å². The lowest BCUT2D eigenvalue weighted by atomic mass is 10.2. The summed E-state index contributed by atoms with van der Waals surface area (Å²) in [6.07, 6.45) is 0. The van der Waals surface area contributed by atoms with Gasteiger partial charge >= 0.3 is 0 Å². The second-order valence-electron chi connectivity index (χ2n) is 4.83. The van der Waals surface area contributed by atoms with Crippen molar-refractivity contribution < 1.29 is 14.3 Å². The molecule has 1 amide bonds. The smallest absolute Gasteiger partial charge is 0.257 e. The zero-order chi connectivity index (χ0) is 18.0. The van der Waals surface area contributed by atoms with Crippen molar-refractivity contribution in [3.8, 4) is 22.8 Å². The summed E-state index contributed by atoms with van der Waals surface area (Å²) in [5.74, 6) is 0.751. The van der Waals surface area contributed by atoms with Crippen LogP contribution in [0.1, 0.15) is 10.4 Å². The number of benzene rings is 1. The summed E-state index contributed by atoms with van der Waals surface area (Å²) in [6, 6.07) is 6.70. The summed E-state index contributed by atoms with van der Waals surface area (Å²) in [5.41, 5.74) is 1.82. The van der Waals surface area contributed by atoms with Gasteiger partial charge in [0, 0.05) is 22.6 Å². The molecule has 0 fully saturated rings. The van der Waals surface area contributed by atoms with E-state index in [-0.39, 0.29) is 5.91 Å². The maximum atomic E-state index is 12.5. The van der Waals surface area contributed by atoms with E-state index >= 15 is 0 Å². The molecule has 0 spiro atoms. The number of carbonyl (C=O) groups is 1. The summed E-state index contributed by atoms with van der Waals surface area (Å²) in [5, 5.41) is 5.03. The second kappa shape index (κ2) is 7.61. The number of amides is 1. The minimum Gasteiger partial charge on any atom is -0.497 e. The standard InChI is InChI=1S/C16H12Cl2N2O3S2/c1-22-9-3-8(4-10(5-9)23-2)15(21)20-16-19-12(7-24-16)11-6-13(17)25-14(11)18/h3-7H,1-2H3,(H,19,20,21). The number of nitrogens with zero attached hydrogens (tertiary/aromatic N) is 1. The topological polar surface area (TPSA) is 60.5 Å². The number of rotatable bonds is 5. The number of halogens is 2. The predicted molar refractivity (Wildman–Crippen MR) is 103 cm³/mol. The van der Waals surface area contributed by atoms with Crippen molar-refractivity contribution in [2.24, 2.45) is 0 Å². The van der Waals surface area contributed by atoms with Gasteiger partial charge in [0.15, 0.2) is 5.13 Å². The van der Waals surface area contributed by atoms with E-state index in [1.165, 1.54) is 36.9 Å². The Morgan fingerprint density at radius 2 is 1.80 bits per heavy atom. The van der Waals surface area contributed by atoms with Crippen LogP contribution in [0.15, 0.2) is 29.6 Å². The van der Waals surface area contributed by atoms with Crippen LogP contribution in [-0.4, -0.2) is 25.1 Å². The largest absolute Gasteiger partial charge is 0.497 e. The first kappa shape index (κ1) is 18.0. The molecular formula is C16H12Cl2N2O3S2. The normalized spacial score (nSPS) is 10.6. The maximum Gasteiger partial charge on any atom is 0.257 e. The Balaban J connectivity index is 1.81. The number of thiophene rings is 1. The van der Waals surface area contributed by atoms with Crippen LogP contribution in [0.4, 0.5) is 5.13 Å². The highest BCUT2D eigenvalue weighted by molar-refractivity contribution is 7.20. The zero-order valence-corrected chi connectivity index (χ0v) is 16.3. The Morgan fingerprint density at radius 1 is 1.12 bits per heavy atom. The van der Waals surface area contributed by atoms with Gasteiger partial charge in [0.25, 0.3) is 5.91 Å². The van der Waals surface area contributed by atoms with E-state index in [0.717, 1.165) is 5.56 Å². The van der Waals surface area contributed by atoms with Gasteiger partial charge in [-0.2, -0.15) is 0 Å². The molecule has 130 valence electrons. The number of methoxy groups -OCH3 is 2. The molecule has 0 aliphatic carbocycles. The molecule has 5 nitrogen and oxygen atoms in total. The Kier molecular flexibility index (Phi) is 5.48. The number of carbonyl (C=O) groups excluding carboxylic acids is 1. The molecule has 0 aliphatic rings. The molecule has 2 aromatic heterocycles. The lowest BCUT2D eigenvalue weighted by molar-refractivity contribution is 0.102. The van der Waals surface area contributed by atoms with E-state index in [0.29, 0.717) is 36.6 Å². The van der Waals surface area contributed by atoms with Gasteiger partial charge in [-0.15, -0.1) is 22.7 Å². The van der Waals surface area contributed by atoms with Crippen LogP contribution in [0.3, 0.4) is 0 Å². The van der Waals surface area contributed by atoms with E-state index in [9.17, 15) is 4.79 Å². The predicted octanol–water partition coefficient (Wildman–Crippen LogP) is 5.45. The molecule has 3 rings (SSSR count). The van der Waals surface area contributed by atoms with Crippen LogP contribution >= 0.6 is 45.9 Å². The second-order valence-corrected chi connectivity index (χ2v) is 7.97. The maximum absolute atomic E-state index is 12.5. The van der Waals surface area contributed by atoms with Crippen LogP contribution in [0.25, 0.3) is 11.3 Å². The fourth-order valence-electron chi connectivity index (χ4n) is 2.08. The zero-order valence-electron chi connectivity index (χ0n) is 13.1. The van der Waals surface area contributed by atoms with Gasteiger partial charge in [-0.3, -0.25) is 10.1 Å². The van der Waals surface area contributed by atoms with Crippen LogP contribution in [-0.2, 0) is 0 Å². The molecule has 0 saturated carbocycles. The number of thiazole rings is 1. The highest BCUT2D eigenvalue weighted by atomic mass is 35.5. The van der Waals surface area contributed by atoms with Gasteiger partial charge in [0.1, 0.15) is 15.8 Å². The number of hydrogen-bond donors (Lipinski definition) is 1. The molecule has 9 heteroatoms. The highest BCUT2D eigenvalue weighted by Crippen LogP contribution is 2.39. The van der Waals surface area contributed by atoms with Crippen LogP contribution in [0, 0.1) is 0 Å². The van der Waals surface area contributed by atoms with Gasteiger partial charge in [0.2, 0.25) is 0 Å². The Bertz CT molecular complexity index is 902. The van der Waals surface area contributed by atoms with Gasteiger partial charge in [-0.25, -0.2) is 4.98 Å². The number of nitrogens with one attached hydrogen (secondary N) is 1. The number of hydrogen-bond acceptors (Lipinski definition) is 6. The van der Waals surface area contributed by atoms with Crippen molar-refractivity contribution in [1.29, 1.82) is 0 Å². The van der Waals surface area contributed by atoms with Gasteiger partial charge in [-0.05, 0) is 18.2 Å². The lowest BCUT2D eigenvalue weighted by Gasteiger charge is -2.08. The average molecular weight is 415 g/mol. The quantitative estimate of drug-likeness (QED) is 0.602. The number of ether oxygens (including phenoxy) is 2. The van der Waals surface area contributed by atoms with E-state index < -0.39 is 0 Å². The third-order valence-electron chi connectivity index (χ3n) is 3.27. The Hall–Kier alpha value is -1.80. The molecule has 1 aromatic carbocycles.